The molecule has 0 aromatic heterocycles. The van der Waals surface area contributed by atoms with Crippen LogP contribution in [0, 0.1) is 5.92 Å². The number of carboxylic acids is 1. The molecule has 0 rings (SSSR count). The molecule has 2 amide bonds. The zero-order chi connectivity index (χ0) is 16.1. The summed E-state index contributed by atoms with van der Waals surface area (Å²) in [5.41, 5.74) is 0. The van der Waals surface area contributed by atoms with Crippen LogP contribution in [0.1, 0.15) is 33.1 Å². The lowest BCUT2D eigenvalue weighted by Crippen LogP contribution is -2.42. The van der Waals surface area contributed by atoms with E-state index in [-0.39, 0.29) is 18.0 Å². The van der Waals surface area contributed by atoms with Gasteiger partial charge in [0.15, 0.2) is 0 Å². The number of carbonyl (C=O) groups excluding carboxylic acids is 1. The highest BCUT2D eigenvalue weighted by atomic mass is 16.5. The monoisotopic (exact) mass is 304 g/mol. The van der Waals surface area contributed by atoms with E-state index in [2.05, 4.69) is 10.6 Å². The molecule has 0 bridgehead atoms. The van der Waals surface area contributed by atoms with Gasteiger partial charge in [0.2, 0.25) is 0 Å². The van der Waals surface area contributed by atoms with Crippen molar-refractivity contribution < 1.29 is 24.2 Å². The highest BCUT2D eigenvalue weighted by Crippen LogP contribution is 2.09. The van der Waals surface area contributed by atoms with E-state index in [0.29, 0.717) is 32.8 Å². The van der Waals surface area contributed by atoms with Crippen molar-refractivity contribution in [2.75, 3.05) is 33.5 Å². The van der Waals surface area contributed by atoms with Gasteiger partial charge >= 0.3 is 12.0 Å². The Labute approximate surface area is 126 Å². The van der Waals surface area contributed by atoms with Crippen molar-refractivity contribution in [3.05, 3.63) is 0 Å². The van der Waals surface area contributed by atoms with Gasteiger partial charge in [0.05, 0.1) is 25.7 Å². The van der Waals surface area contributed by atoms with Crippen LogP contribution in [0.5, 0.6) is 0 Å². The molecule has 0 fully saturated rings. The molecule has 0 saturated carbocycles. The third kappa shape index (κ3) is 12.1. The lowest BCUT2D eigenvalue weighted by atomic mass is 10.0. The Morgan fingerprint density at radius 3 is 2.48 bits per heavy atom. The fourth-order valence-corrected chi connectivity index (χ4v) is 1.68. The van der Waals surface area contributed by atoms with Gasteiger partial charge in [0.25, 0.3) is 0 Å². The quantitative estimate of drug-likeness (QED) is 0.471. The van der Waals surface area contributed by atoms with Gasteiger partial charge < -0.3 is 25.2 Å². The van der Waals surface area contributed by atoms with Gasteiger partial charge in [-0.2, -0.15) is 0 Å². The van der Waals surface area contributed by atoms with Gasteiger partial charge in [-0.3, -0.25) is 4.79 Å². The summed E-state index contributed by atoms with van der Waals surface area (Å²) >= 11 is 0. The van der Waals surface area contributed by atoms with E-state index in [1.54, 1.807) is 14.0 Å². The average molecular weight is 304 g/mol. The van der Waals surface area contributed by atoms with E-state index < -0.39 is 5.97 Å². The molecule has 0 aromatic rings. The molecule has 21 heavy (non-hydrogen) atoms. The maximum absolute atomic E-state index is 11.6. The highest BCUT2D eigenvalue weighted by Gasteiger charge is 2.12. The summed E-state index contributed by atoms with van der Waals surface area (Å²) in [6.45, 7) is 5.53. The van der Waals surface area contributed by atoms with Crippen LogP contribution in [0.15, 0.2) is 0 Å². The minimum Gasteiger partial charge on any atom is -0.481 e. The normalized spacial score (nSPS) is 13.5. The second-order valence-electron chi connectivity index (χ2n) is 5.08. The SMILES string of the molecule is COCCOCCNC(=O)NC(C)CCCC(C)C(=O)O. The third-order valence-electron chi connectivity index (χ3n) is 3.04. The summed E-state index contributed by atoms with van der Waals surface area (Å²) in [7, 11) is 1.60. The van der Waals surface area contributed by atoms with Crippen molar-refractivity contribution in [1.82, 2.24) is 10.6 Å². The zero-order valence-corrected chi connectivity index (χ0v) is 13.2. The largest absolute Gasteiger partial charge is 0.481 e. The highest BCUT2D eigenvalue weighted by molar-refractivity contribution is 5.74. The Morgan fingerprint density at radius 2 is 1.86 bits per heavy atom. The van der Waals surface area contributed by atoms with Crippen molar-refractivity contribution in [2.45, 2.75) is 39.2 Å². The number of methoxy groups -OCH3 is 1. The lowest BCUT2D eigenvalue weighted by Gasteiger charge is -2.15. The minimum absolute atomic E-state index is 0.0143. The Morgan fingerprint density at radius 1 is 1.14 bits per heavy atom. The van der Waals surface area contributed by atoms with Crippen LogP contribution in [0.25, 0.3) is 0 Å². The molecular formula is C14H28N2O5. The molecule has 0 spiro atoms. The average Bonchev–Trinajstić information content (AvgIpc) is 2.42. The molecule has 2 unspecified atom stereocenters. The molecule has 0 aliphatic heterocycles. The number of hydrogen-bond acceptors (Lipinski definition) is 4. The topological polar surface area (TPSA) is 96.9 Å². The van der Waals surface area contributed by atoms with Gasteiger partial charge in [0, 0.05) is 19.7 Å². The molecule has 0 aliphatic carbocycles. The molecule has 0 aliphatic rings. The number of aliphatic carboxylic acids is 1. The summed E-state index contributed by atoms with van der Waals surface area (Å²) in [5, 5.41) is 14.3. The molecule has 0 heterocycles. The molecule has 0 radical (unpaired) electrons. The van der Waals surface area contributed by atoms with E-state index in [1.165, 1.54) is 0 Å². The molecule has 124 valence electrons. The van der Waals surface area contributed by atoms with Crippen LogP contribution in [-0.2, 0) is 14.3 Å². The predicted octanol–water partition coefficient (Wildman–Crippen LogP) is 1.23. The van der Waals surface area contributed by atoms with E-state index in [0.717, 1.165) is 12.8 Å². The van der Waals surface area contributed by atoms with Gasteiger partial charge in [0.1, 0.15) is 0 Å². The molecule has 0 saturated heterocycles. The molecule has 0 aromatic carbocycles. The predicted molar refractivity (Wildman–Crippen MR) is 79.3 cm³/mol. The Kier molecular flexibility index (Phi) is 11.6. The van der Waals surface area contributed by atoms with E-state index in [9.17, 15) is 9.59 Å². The van der Waals surface area contributed by atoms with Gasteiger partial charge in [-0.05, 0) is 19.8 Å². The van der Waals surface area contributed by atoms with Crippen LogP contribution in [0.4, 0.5) is 4.79 Å². The first kappa shape index (κ1) is 19.7. The summed E-state index contributed by atoms with van der Waals surface area (Å²) in [6.07, 6.45) is 2.15. The standard InChI is InChI=1S/C14H28N2O5/c1-11(13(17)18)5-4-6-12(2)16-14(19)15-7-8-21-10-9-20-3/h11-12H,4-10H2,1-3H3,(H,17,18)(H2,15,16,19). The maximum Gasteiger partial charge on any atom is 0.315 e. The number of carboxylic acid groups (broad SMARTS) is 1. The Hall–Kier alpha value is -1.34. The molecular weight excluding hydrogens is 276 g/mol. The van der Waals surface area contributed by atoms with Crippen LogP contribution in [-0.4, -0.2) is 56.6 Å². The third-order valence-corrected chi connectivity index (χ3v) is 3.04. The number of urea groups is 1. The second kappa shape index (κ2) is 12.4. The first-order valence-electron chi connectivity index (χ1n) is 7.31. The van der Waals surface area contributed by atoms with Crippen molar-refractivity contribution in [3.8, 4) is 0 Å². The summed E-state index contributed by atoms with van der Waals surface area (Å²) in [6, 6.07) is -0.218. The number of rotatable bonds is 12. The minimum atomic E-state index is -0.776. The van der Waals surface area contributed by atoms with Crippen LogP contribution in [0.2, 0.25) is 0 Å². The van der Waals surface area contributed by atoms with Crippen LogP contribution in [0.3, 0.4) is 0 Å². The van der Waals surface area contributed by atoms with Gasteiger partial charge in [-0.1, -0.05) is 13.3 Å². The summed E-state index contributed by atoms with van der Waals surface area (Å²) < 4.78 is 10.0. The van der Waals surface area contributed by atoms with Crippen molar-refractivity contribution in [3.63, 3.8) is 0 Å². The molecule has 7 heteroatoms. The number of nitrogens with one attached hydrogen (secondary N) is 2. The lowest BCUT2D eigenvalue weighted by molar-refractivity contribution is -0.141. The van der Waals surface area contributed by atoms with Gasteiger partial charge in [-0.25, -0.2) is 4.79 Å². The Balaban J connectivity index is 3.54. The Bertz CT molecular complexity index is 299. The van der Waals surface area contributed by atoms with Crippen molar-refractivity contribution in [2.24, 2.45) is 5.92 Å². The fourth-order valence-electron chi connectivity index (χ4n) is 1.68. The first-order chi connectivity index (χ1) is 9.97. The zero-order valence-electron chi connectivity index (χ0n) is 13.2. The molecule has 2 atom stereocenters. The van der Waals surface area contributed by atoms with Crippen LogP contribution >= 0.6 is 0 Å². The second-order valence-corrected chi connectivity index (χ2v) is 5.08. The summed E-state index contributed by atoms with van der Waals surface area (Å²) in [5.74, 6) is -1.11. The van der Waals surface area contributed by atoms with Crippen LogP contribution < -0.4 is 10.6 Å². The van der Waals surface area contributed by atoms with E-state index in [1.807, 2.05) is 6.92 Å². The maximum atomic E-state index is 11.6. The smallest absolute Gasteiger partial charge is 0.315 e. The molecule has 7 nitrogen and oxygen atoms in total. The molecule has 3 N–H and O–H groups in total. The first-order valence-corrected chi connectivity index (χ1v) is 7.31. The fraction of sp³-hybridized carbons (Fsp3) is 0.857. The van der Waals surface area contributed by atoms with Crippen molar-refractivity contribution >= 4 is 12.0 Å². The van der Waals surface area contributed by atoms with Gasteiger partial charge in [-0.15, -0.1) is 0 Å². The van der Waals surface area contributed by atoms with E-state index >= 15 is 0 Å². The number of hydrogen-bond donors (Lipinski definition) is 3. The number of amides is 2. The summed E-state index contributed by atoms with van der Waals surface area (Å²) in [4.78, 5) is 22.2. The van der Waals surface area contributed by atoms with Crippen molar-refractivity contribution in [1.29, 1.82) is 0 Å². The number of ether oxygens (including phenoxy) is 2. The number of carbonyl (C=O) groups is 2. The van der Waals surface area contributed by atoms with E-state index in [4.69, 9.17) is 14.6 Å².